The molecule has 1 fully saturated rings. The molecule has 2 heterocycles. The molecule has 0 bridgehead atoms. The van der Waals surface area contributed by atoms with Gasteiger partial charge in [-0.15, -0.1) is 0 Å². The van der Waals surface area contributed by atoms with Crippen LogP contribution in [0.15, 0.2) is 36.4 Å². The molecule has 20 heavy (non-hydrogen) atoms. The number of aliphatic hydroxyl groups is 1. The quantitative estimate of drug-likeness (QED) is 0.888. The number of rotatable bonds is 2. The van der Waals surface area contributed by atoms with Crippen LogP contribution < -0.4 is 0 Å². The lowest BCUT2D eigenvalue weighted by atomic mass is 10.1. The highest BCUT2D eigenvalue weighted by molar-refractivity contribution is 5.95. The fourth-order valence-corrected chi connectivity index (χ4v) is 2.41. The molecule has 0 saturated carbocycles. The van der Waals surface area contributed by atoms with E-state index in [1.54, 1.807) is 11.0 Å². The normalized spacial score (nSPS) is 19.2. The van der Waals surface area contributed by atoms with Crippen LogP contribution >= 0.6 is 0 Å². The third kappa shape index (κ3) is 2.37. The summed E-state index contributed by atoms with van der Waals surface area (Å²) in [5.74, 6) is -0.155. The molecule has 3 rings (SSSR count). The summed E-state index contributed by atoms with van der Waals surface area (Å²) < 4.78 is 5.29. The van der Waals surface area contributed by atoms with Crippen molar-refractivity contribution in [2.45, 2.75) is 6.04 Å². The zero-order valence-corrected chi connectivity index (χ0v) is 11.0. The van der Waals surface area contributed by atoms with Crippen molar-refractivity contribution in [2.24, 2.45) is 0 Å². The summed E-state index contributed by atoms with van der Waals surface area (Å²) >= 11 is 0. The van der Waals surface area contributed by atoms with Crippen LogP contribution in [0.3, 0.4) is 0 Å². The van der Waals surface area contributed by atoms with Crippen molar-refractivity contribution in [1.82, 2.24) is 9.88 Å². The van der Waals surface area contributed by atoms with Gasteiger partial charge in [0, 0.05) is 11.9 Å². The Morgan fingerprint density at radius 2 is 2.20 bits per heavy atom. The number of fused-ring (bicyclic) bond motifs is 1. The third-order valence-corrected chi connectivity index (χ3v) is 3.52. The predicted octanol–water partition coefficient (Wildman–Crippen LogP) is 1.07. The number of carbonyl (C=O) groups excluding carboxylic acids is 1. The number of hydrogen-bond acceptors (Lipinski definition) is 4. The molecule has 1 atom stereocenters. The van der Waals surface area contributed by atoms with Gasteiger partial charge in [-0.1, -0.05) is 24.3 Å². The molecule has 104 valence electrons. The van der Waals surface area contributed by atoms with Gasteiger partial charge in [0.05, 0.1) is 31.4 Å². The third-order valence-electron chi connectivity index (χ3n) is 3.52. The lowest BCUT2D eigenvalue weighted by molar-refractivity contribution is -0.0186. The van der Waals surface area contributed by atoms with Gasteiger partial charge < -0.3 is 14.7 Å². The molecule has 1 amide bonds. The number of benzene rings is 1. The highest BCUT2D eigenvalue weighted by atomic mass is 16.5. The fourth-order valence-electron chi connectivity index (χ4n) is 2.41. The second kappa shape index (κ2) is 5.56. The summed E-state index contributed by atoms with van der Waals surface area (Å²) in [6.07, 6.45) is 0. The van der Waals surface area contributed by atoms with Crippen molar-refractivity contribution >= 4 is 16.8 Å². The maximum absolute atomic E-state index is 12.5. The van der Waals surface area contributed by atoms with Gasteiger partial charge in [0.15, 0.2) is 0 Å². The Kier molecular flexibility index (Phi) is 3.62. The van der Waals surface area contributed by atoms with E-state index >= 15 is 0 Å². The van der Waals surface area contributed by atoms with Crippen molar-refractivity contribution in [3.8, 4) is 0 Å². The fraction of sp³-hybridized carbons (Fsp3) is 0.333. The lowest BCUT2D eigenvalue weighted by Crippen LogP contribution is -2.50. The summed E-state index contributed by atoms with van der Waals surface area (Å²) in [5, 5.41) is 10.3. The first kappa shape index (κ1) is 13.0. The minimum atomic E-state index is -0.287. The lowest BCUT2D eigenvalue weighted by Gasteiger charge is -2.34. The van der Waals surface area contributed by atoms with Gasteiger partial charge in [-0.25, -0.2) is 4.98 Å². The molecule has 1 N–H and O–H groups in total. The van der Waals surface area contributed by atoms with E-state index in [2.05, 4.69) is 4.98 Å². The van der Waals surface area contributed by atoms with Crippen LogP contribution in [-0.2, 0) is 4.74 Å². The molecular formula is C15H16N2O3. The number of aliphatic hydroxyl groups excluding tert-OH is 1. The second-order valence-electron chi connectivity index (χ2n) is 4.80. The van der Waals surface area contributed by atoms with E-state index in [0.29, 0.717) is 25.5 Å². The molecule has 0 spiro atoms. The topological polar surface area (TPSA) is 62.7 Å². The highest BCUT2D eigenvalue weighted by Gasteiger charge is 2.28. The smallest absolute Gasteiger partial charge is 0.272 e. The van der Waals surface area contributed by atoms with E-state index in [1.807, 2.05) is 30.3 Å². The summed E-state index contributed by atoms with van der Waals surface area (Å²) in [7, 11) is 0. The second-order valence-corrected chi connectivity index (χ2v) is 4.80. The molecule has 5 nitrogen and oxygen atoms in total. The highest BCUT2D eigenvalue weighted by Crippen LogP contribution is 2.15. The molecule has 2 aromatic rings. The first-order valence-corrected chi connectivity index (χ1v) is 6.65. The van der Waals surface area contributed by atoms with Gasteiger partial charge in [0.1, 0.15) is 5.69 Å². The van der Waals surface area contributed by atoms with Crippen molar-refractivity contribution in [1.29, 1.82) is 0 Å². The van der Waals surface area contributed by atoms with E-state index in [9.17, 15) is 9.90 Å². The Bertz CT molecular complexity index is 629. The summed E-state index contributed by atoms with van der Waals surface area (Å²) in [6, 6.07) is 11.0. The number of morpholine rings is 1. The van der Waals surface area contributed by atoms with Gasteiger partial charge in [0.25, 0.3) is 5.91 Å². The first-order chi connectivity index (χ1) is 9.79. The van der Waals surface area contributed by atoms with E-state index < -0.39 is 0 Å². The maximum atomic E-state index is 12.5. The number of nitrogens with zero attached hydrogens (tertiary/aromatic N) is 2. The van der Waals surface area contributed by atoms with E-state index in [0.717, 1.165) is 10.9 Å². The van der Waals surface area contributed by atoms with Crippen LogP contribution in [0.1, 0.15) is 10.5 Å². The SMILES string of the molecule is O=C(c1ccc2ccccc2n1)N1CCOCC1CO. The van der Waals surface area contributed by atoms with Gasteiger partial charge in [-0.3, -0.25) is 4.79 Å². The van der Waals surface area contributed by atoms with Crippen LogP contribution in [0.2, 0.25) is 0 Å². The Morgan fingerprint density at radius 3 is 3.05 bits per heavy atom. The van der Waals surface area contributed by atoms with Crippen LogP contribution in [-0.4, -0.2) is 53.3 Å². The first-order valence-electron chi connectivity index (χ1n) is 6.65. The van der Waals surface area contributed by atoms with Gasteiger partial charge in [-0.05, 0) is 12.1 Å². The average molecular weight is 272 g/mol. The van der Waals surface area contributed by atoms with E-state index in [1.165, 1.54) is 0 Å². The zero-order chi connectivity index (χ0) is 13.9. The zero-order valence-electron chi connectivity index (χ0n) is 11.0. The maximum Gasteiger partial charge on any atom is 0.272 e. The minimum Gasteiger partial charge on any atom is -0.394 e. The molecule has 5 heteroatoms. The largest absolute Gasteiger partial charge is 0.394 e. The molecule has 1 aromatic carbocycles. The Balaban J connectivity index is 1.91. The molecule has 1 aliphatic heterocycles. The van der Waals surface area contributed by atoms with Crippen molar-refractivity contribution < 1.29 is 14.6 Å². The molecule has 1 aromatic heterocycles. The minimum absolute atomic E-state index is 0.0979. The molecule has 0 radical (unpaired) electrons. The number of pyridine rings is 1. The molecular weight excluding hydrogens is 256 g/mol. The summed E-state index contributed by atoms with van der Waals surface area (Å²) in [5.41, 5.74) is 1.20. The van der Waals surface area contributed by atoms with Crippen LogP contribution in [0.5, 0.6) is 0 Å². The van der Waals surface area contributed by atoms with Crippen LogP contribution in [0, 0.1) is 0 Å². The molecule has 0 aliphatic carbocycles. The average Bonchev–Trinajstić information content (AvgIpc) is 2.53. The van der Waals surface area contributed by atoms with Crippen molar-refractivity contribution in [3.05, 3.63) is 42.1 Å². The summed E-state index contributed by atoms with van der Waals surface area (Å²) in [4.78, 5) is 18.6. The number of hydrogen-bond donors (Lipinski definition) is 1. The Labute approximate surface area is 116 Å². The van der Waals surface area contributed by atoms with E-state index in [4.69, 9.17) is 4.74 Å². The summed E-state index contributed by atoms with van der Waals surface area (Å²) in [6.45, 7) is 1.25. The molecule has 1 aliphatic rings. The Hall–Kier alpha value is -1.98. The number of amides is 1. The van der Waals surface area contributed by atoms with E-state index in [-0.39, 0.29) is 18.6 Å². The van der Waals surface area contributed by atoms with Crippen LogP contribution in [0.4, 0.5) is 0 Å². The Morgan fingerprint density at radius 1 is 1.35 bits per heavy atom. The molecule has 1 saturated heterocycles. The van der Waals surface area contributed by atoms with Crippen molar-refractivity contribution in [3.63, 3.8) is 0 Å². The van der Waals surface area contributed by atoms with Gasteiger partial charge in [0.2, 0.25) is 0 Å². The molecule has 1 unspecified atom stereocenters. The predicted molar refractivity (Wildman–Crippen MR) is 74.5 cm³/mol. The van der Waals surface area contributed by atoms with Crippen LogP contribution in [0.25, 0.3) is 10.9 Å². The number of para-hydroxylation sites is 1. The van der Waals surface area contributed by atoms with Gasteiger partial charge >= 0.3 is 0 Å². The van der Waals surface area contributed by atoms with Crippen molar-refractivity contribution in [2.75, 3.05) is 26.4 Å². The number of carbonyl (C=O) groups is 1. The van der Waals surface area contributed by atoms with Gasteiger partial charge in [-0.2, -0.15) is 0 Å². The number of ether oxygens (including phenoxy) is 1. The number of aromatic nitrogens is 1. The standard InChI is InChI=1S/C15H16N2O3/c18-9-12-10-20-8-7-17(12)15(19)14-6-5-11-3-1-2-4-13(11)16-14/h1-6,12,18H,7-10H2. The monoisotopic (exact) mass is 272 g/mol.